The van der Waals surface area contributed by atoms with E-state index in [0.717, 1.165) is 0 Å². The van der Waals surface area contributed by atoms with Gasteiger partial charge in [0.05, 0.1) is 0 Å². The zero-order valence-electron chi connectivity index (χ0n) is 6.76. The third-order valence-corrected chi connectivity index (χ3v) is 0.771. The van der Waals surface area contributed by atoms with Crippen molar-refractivity contribution in [3.63, 3.8) is 0 Å². The van der Waals surface area contributed by atoms with Gasteiger partial charge in [-0.1, -0.05) is 0 Å². The highest BCUT2D eigenvalue weighted by Crippen LogP contribution is 1.80. The van der Waals surface area contributed by atoms with Gasteiger partial charge in [-0.25, -0.2) is 9.59 Å². The molecule has 0 heterocycles. The van der Waals surface area contributed by atoms with E-state index < -0.39 is 11.9 Å². The van der Waals surface area contributed by atoms with Crippen LogP contribution in [-0.4, -0.2) is 24.8 Å². The summed E-state index contributed by atoms with van der Waals surface area (Å²) < 4.78 is 0. The Morgan fingerprint density at radius 2 is 1.21 bits per heavy atom. The van der Waals surface area contributed by atoms with Gasteiger partial charge in [-0.15, -0.1) is 0 Å². The first kappa shape index (κ1) is 11.6. The van der Waals surface area contributed by atoms with Crippen LogP contribution < -0.4 is 11.0 Å². The predicted molar refractivity (Wildman–Crippen MR) is 39.7 cm³/mol. The second kappa shape index (κ2) is 7.28. The van der Waals surface area contributed by atoms with Crippen molar-refractivity contribution in [2.75, 3.05) is 0 Å². The van der Waals surface area contributed by atoms with Crippen LogP contribution in [0.2, 0.25) is 0 Å². The third kappa shape index (κ3) is 6.34. The Kier molecular flexibility index (Phi) is 6.04. The molecule has 0 fully saturated rings. The Morgan fingerprint density at radius 3 is 1.50 bits per heavy atom. The van der Waals surface area contributed by atoms with Crippen LogP contribution in [0.25, 0.3) is 0 Å². The van der Waals surface area contributed by atoms with Crippen LogP contribution >= 0.6 is 0 Å². The van der Waals surface area contributed by atoms with Crippen LogP contribution in [0.1, 0.15) is 0 Å². The SMILES string of the molecule is O=CNOC(=O)C=CC(=O)ONC=O. The molecular formula is C6H6N2O6. The number of rotatable bonds is 6. The second-order valence-electron chi connectivity index (χ2n) is 1.65. The predicted octanol–water partition coefficient (Wildman–Crippen LogP) is -2.05. The second-order valence-corrected chi connectivity index (χ2v) is 1.65. The van der Waals surface area contributed by atoms with Gasteiger partial charge in [-0.3, -0.25) is 9.59 Å². The average molecular weight is 202 g/mol. The first-order valence-corrected chi connectivity index (χ1v) is 3.18. The lowest BCUT2D eigenvalue weighted by atomic mass is 10.5. The third-order valence-electron chi connectivity index (χ3n) is 0.771. The highest BCUT2D eigenvalue weighted by Gasteiger charge is 1.99. The summed E-state index contributed by atoms with van der Waals surface area (Å²) in [6.45, 7) is 0. The van der Waals surface area contributed by atoms with E-state index in [-0.39, 0.29) is 12.8 Å². The molecule has 0 aliphatic heterocycles. The summed E-state index contributed by atoms with van der Waals surface area (Å²) in [7, 11) is 0. The fraction of sp³-hybridized carbons (Fsp3) is 0. The smallest absolute Gasteiger partial charge is 0.336 e. The Bertz CT molecular complexity index is 235. The van der Waals surface area contributed by atoms with Crippen LogP contribution in [0.5, 0.6) is 0 Å². The number of hydrogen-bond donors (Lipinski definition) is 2. The number of nitrogens with one attached hydrogen (secondary N) is 2. The van der Waals surface area contributed by atoms with Gasteiger partial charge in [0.15, 0.2) is 0 Å². The van der Waals surface area contributed by atoms with Crippen molar-refractivity contribution < 1.29 is 28.9 Å². The lowest BCUT2D eigenvalue weighted by molar-refractivity contribution is -0.151. The van der Waals surface area contributed by atoms with Crippen molar-refractivity contribution in [3.8, 4) is 0 Å². The standard InChI is InChI=1S/C6H6N2O6/c9-3-7-13-5(11)1-2-6(12)14-8-4-10/h1-4H,(H,7,9)(H,8,10). The summed E-state index contributed by atoms with van der Waals surface area (Å²) in [5.41, 5.74) is 3.22. The lowest BCUT2D eigenvalue weighted by Gasteiger charge is -1.95. The minimum Gasteiger partial charge on any atom is -0.336 e. The average Bonchev–Trinajstić information content (AvgIpc) is 2.20. The van der Waals surface area contributed by atoms with Gasteiger partial charge in [-0.2, -0.15) is 11.0 Å². The fourth-order valence-electron chi connectivity index (χ4n) is 0.368. The maximum atomic E-state index is 10.6. The minimum atomic E-state index is -0.972. The molecule has 0 aromatic carbocycles. The first-order chi connectivity index (χ1) is 6.70. The molecule has 0 aromatic rings. The number of hydrogen-bond acceptors (Lipinski definition) is 6. The van der Waals surface area contributed by atoms with Crippen molar-refractivity contribution in [3.05, 3.63) is 12.2 Å². The summed E-state index contributed by atoms with van der Waals surface area (Å²) in [5, 5.41) is 0. The van der Waals surface area contributed by atoms with E-state index in [1.165, 1.54) is 0 Å². The van der Waals surface area contributed by atoms with E-state index in [0.29, 0.717) is 12.2 Å². The van der Waals surface area contributed by atoms with Gasteiger partial charge in [0.25, 0.3) is 0 Å². The minimum absolute atomic E-state index is 0.137. The highest BCUT2D eigenvalue weighted by molar-refractivity contribution is 5.91. The van der Waals surface area contributed by atoms with E-state index in [1.807, 2.05) is 0 Å². The molecule has 0 radical (unpaired) electrons. The van der Waals surface area contributed by atoms with Crippen LogP contribution in [0.15, 0.2) is 12.2 Å². The topological polar surface area (TPSA) is 111 Å². The Morgan fingerprint density at radius 1 is 0.857 bits per heavy atom. The number of carbonyl (C=O) groups is 4. The van der Waals surface area contributed by atoms with E-state index in [9.17, 15) is 19.2 Å². The van der Waals surface area contributed by atoms with Crippen molar-refractivity contribution in [1.29, 1.82) is 0 Å². The fourth-order valence-corrected chi connectivity index (χ4v) is 0.368. The van der Waals surface area contributed by atoms with Crippen LogP contribution in [0.3, 0.4) is 0 Å². The van der Waals surface area contributed by atoms with Crippen molar-refractivity contribution >= 4 is 24.8 Å². The Labute approximate surface area is 77.8 Å². The van der Waals surface area contributed by atoms with Crippen LogP contribution in [0, 0.1) is 0 Å². The van der Waals surface area contributed by atoms with Gasteiger partial charge >= 0.3 is 11.9 Å². The van der Waals surface area contributed by atoms with Gasteiger partial charge in [-0.05, 0) is 0 Å². The number of carbonyl (C=O) groups excluding carboxylic acids is 4. The monoisotopic (exact) mass is 202 g/mol. The molecule has 14 heavy (non-hydrogen) atoms. The van der Waals surface area contributed by atoms with Crippen LogP contribution in [0.4, 0.5) is 0 Å². The molecule has 2 amide bonds. The molecule has 8 heteroatoms. The molecule has 0 bridgehead atoms. The maximum Gasteiger partial charge on any atom is 0.356 e. The molecule has 0 rings (SSSR count). The van der Waals surface area contributed by atoms with Gasteiger partial charge in [0.2, 0.25) is 12.8 Å². The van der Waals surface area contributed by atoms with Gasteiger partial charge < -0.3 is 9.68 Å². The molecule has 0 aromatic heterocycles. The molecule has 2 N–H and O–H groups in total. The molecule has 0 atom stereocenters. The highest BCUT2D eigenvalue weighted by atomic mass is 16.7. The molecule has 8 nitrogen and oxygen atoms in total. The molecular weight excluding hydrogens is 196 g/mol. The molecule has 0 saturated carbocycles. The van der Waals surface area contributed by atoms with E-state index in [1.54, 1.807) is 11.0 Å². The van der Waals surface area contributed by atoms with Gasteiger partial charge in [0, 0.05) is 12.2 Å². The number of amides is 2. The zero-order chi connectivity index (χ0) is 10.8. The summed E-state index contributed by atoms with van der Waals surface area (Å²) in [4.78, 5) is 48.4. The summed E-state index contributed by atoms with van der Waals surface area (Å²) in [5.74, 6) is -1.94. The molecule has 0 unspecified atom stereocenters. The number of hydroxylamine groups is 2. The lowest BCUT2D eigenvalue weighted by Crippen LogP contribution is -2.18. The Balaban J connectivity index is 3.78. The molecule has 76 valence electrons. The van der Waals surface area contributed by atoms with Gasteiger partial charge in [0.1, 0.15) is 0 Å². The van der Waals surface area contributed by atoms with Crippen molar-refractivity contribution in [2.45, 2.75) is 0 Å². The van der Waals surface area contributed by atoms with Crippen molar-refractivity contribution in [1.82, 2.24) is 11.0 Å². The van der Waals surface area contributed by atoms with E-state index >= 15 is 0 Å². The van der Waals surface area contributed by atoms with Crippen LogP contribution in [-0.2, 0) is 28.9 Å². The normalized spacial score (nSPS) is 8.86. The Hall–Kier alpha value is -2.38. The van der Waals surface area contributed by atoms with E-state index in [2.05, 4.69) is 9.68 Å². The van der Waals surface area contributed by atoms with E-state index in [4.69, 9.17) is 0 Å². The molecule has 0 spiro atoms. The summed E-state index contributed by atoms with van der Waals surface area (Å²) >= 11 is 0. The largest absolute Gasteiger partial charge is 0.356 e. The van der Waals surface area contributed by atoms with Crippen molar-refractivity contribution in [2.24, 2.45) is 0 Å². The summed E-state index contributed by atoms with van der Waals surface area (Å²) in [6, 6.07) is 0. The maximum absolute atomic E-state index is 10.6. The molecule has 0 aliphatic carbocycles. The molecule has 0 aliphatic rings. The summed E-state index contributed by atoms with van der Waals surface area (Å²) in [6.07, 6.45) is 1.67. The first-order valence-electron chi connectivity index (χ1n) is 3.18. The molecule has 0 saturated heterocycles. The zero-order valence-corrected chi connectivity index (χ0v) is 6.76. The quantitative estimate of drug-likeness (QED) is 0.291.